The molecule has 20 heavy (non-hydrogen) atoms. The van der Waals surface area contributed by atoms with E-state index in [4.69, 9.17) is 5.73 Å². The second-order valence-electron chi connectivity index (χ2n) is 4.81. The number of hydrogen-bond donors (Lipinski definition) is 2. The molecule has 0 bridgehead atoms. The third-order valence-corrected chi connectivity index (χ3v) is 4.94. The Balaban J connectivity index is 2.07. The number of nitrogens with zero attached hydrogens (tertiary/aromatic N) is 1. The lowest BCUT2D eigenvalue weighted by Crippen LogP contribution is -2.33. The SMILES string of the molecule is Nc1ccc(S(=O)(=O)NC2CC=CC2)c2ncccc12. The van der Waals surface area contributed by atoms with Crippen LogP contribution in [0.2, 0.25) is 0 Å². The van der Waals surface area contributed by atoms with E-state index in [0.717, 1.165) is 12.8 Å². The molecule has 0 fully saturated rings. The zero-order chi connectivity index (χ0) is 14.2. The van der Waals surface area contributed by atoms with Gasteiger partial charge in [-0.25, -0.2) is 13.1 Å². The summed E-state index contributed by atoms with van der Waals surface area (Å²) in [6.45, 7) is 0. The quantitative estimate of drug-likeness (QED) is 0.666. The van der Waals surface area contributed by atoms with Crippen molar-refractivity contribution in [1.29, 1.82) is 0 Å². The van der Waals surface area contributed by atoms with Gasteiger partial charge in [-0.1, -0.05) is 12.2 Å². The number of aromatic nitrogens is 1. The summed E-state index contributed by atoms with van der Waals surface area (Å²) in [6, 6.07) is 6.55. The average Bonchev–Trinajstić information content (AvgIpc) is 2.91. The molecule has 0 spiro atoms. The van der Waals surface area contributed by atoms with Gasteiger partial charge in [0.05, 0.1) is 5.52 Å². The molecule has 1 heterocycles. The van der Waals surface area contributed by atoms with Crippen molar-refractivity contribution in [3.05, 3.63) is 42.6 Å². The third kappa shape index (κ3) is 2.28. The molecule has 0 saturated carbocycles. The summed E-state index contributed by atoms with van der Waals surface area (Å²) >= 11 is 0. The first-order chi connectivity index (χ1) is 9.58. The Labute approximate surface area is 117 Å². The van der Waals surface area contributed by atoms with Gasteiger partial charge in [-0.05, 0) is 37.1 Å². The molecule has 6 heteroatoms. The monoisotopic (exact) mass is 289 g/mol. The van der Waals surface area contributed by atoms with Crippen molar-refractivity contribution in [3.63, 3.8) is 0 Å². The Morgan fingerprint density at radius 1 is 1.20 bits per heavy atom. The van der Waals surface area contributed by atoms with Gasteiger partial charge in [0, 0.05) is 23.3 Å². The van der Waals surface area contributed by atoms with Crippen LogP contribution in [0.4, 0.5) is 5.69 Å². The van der Waals surface area contributed by atoms with Crippen LogP contribution in [0.25, 0.3) is 10.9 Å². The van der Waals surface area contributed by atoms with Gasteiger partial charge in [-0.2, -0.15) is 0 Å². The minimum absolute atomic E-state index is 0.0729. The molecular weight excluding hydrogens is 274 g/mol. The predicted molar refractivity (Wildman–Crippen MR) is 78.6 cm³/mol. The van der Waals surface area contributed by atoms with Crippen LogP contribution in [-0.2, 0) is 10.0 Å². The molecule has 1 aromatic carbocycles. The van der Waals surface area contributed by atoms with Crippen LogP contribution in [0.1, 0.15) is 12.8 Å². The molecule has 5 nitrogen and oxygen atoms in total. The van der Waals surface area contributed by atoms with Gasteiger partial charge in [-0.3, -0.25) is 4.98 Å². The molecule has 0 unspecified atom stereocenters. The summed E-state index contributed by atoms with van der Waals surface area (Å²) in [5, 5.41) is 0.653. The van der Waals surface area contributed by atoms with E-state index in [9.17, 15) is 8.42 Å². The molecule has 0 atom stereocenters. The van der Waals surface area contributed by atoms with E-state index in [2.05, 4.69) is 9.71 Å². The molecule has 1 aliphatic carbocycles. The first-order valence-corrected chi connectivity index (χ1v) is 7.87. The predicted octanol–water partition coefficient (Wildman–Crippen LogP) is 1.81. The molecular formula is C14H15N3O2S. The minimum Gasteiger partial charge on any atom is -0.398 e. The molecule has 1 aromatic heterocycles. The van der Waals surface area contributed by atoms with E-state index >= 15 is 0 Å². The topological polar surface area (TPSA) is 85.1 Å². The standard InChI is InChI=1S/C14H15N3O2S/c15-12-7-8-13(14-11(12)6-3-9-16-14)20(18,19)17-10-4-1-2-5-10/h1-3,6-10,17H,4-5,15H2. The highest BCUT2D eigenvalue weighted by Gasteiger charge is 2.23. The maximum Gasteiger partial charge on any atom is 0.243 e. The van der Waals surface area contributed by atoms with Crippen LogP contribution in [0.15, 0.2) is 47.5 Å². The lowest BCUT2D eigenvalue weighted by Gasteiger charge is -2.14. The average molecular weight is 289 g/mol. The van der Waals surface area contributed by atoms with Gasteiger partial charge in [0.25, 0.3) is 0 Å². The zero-order valence-corrected chi connectivity index (χ0v) is 11.6. The van der Waals surface area contributed by atoms with Gasteiger partial charge >= 0.3 is 0 Å². The number of rotatable bonds is 3. The molecule has 0 amide bonds. The maximum atomic E-state index is 12.5. The molecule has 3 rings (SSSR count). The van der Waals surface area contributed by atoms with Crippen molar-refractivity contribution in [2.24, 2.45) is 0 Å². The van der Waals surface area contributed by atoms with Crippen molar-refractivity contribution in [3.8, 4) is 0 Å². The van der Waals surface area contributed by atoms with Crippen molar-refractivity contribution >= 4 is 26.6 Å². The Morgan fingerprint density at radius 2 is 1.95 bits per heavy atom. The Hall–Kier alpha value is -1.92. The number of benzene rings is 1. The third-order valence-electron chi connectivity index (χ3n) is 3.39. The lowest BCUT2D eigenvalue weighted by molar-refractivity contribution is 0.558. The molecule has 0 saturated heterocycles. The Morgan fingerprint density at radius 3 is 2.70 bits per heavy atom. The number of nitrogen functional groups attached to an aromatic ring is 1. The van der Waals surface area contributed by atoms with E-state index < -0.39 is 10.0 Å². The normalized spacial score (nSPS) is 16.0. The fourth-order valence-electron chi connectivity index (χ4n) is 2.38. The van der Waals surface area contributed by atoms with E-state index in [-0.39, 0.29) is 10.9 Å². The Kier molecular flexibility index (Phi) is 3.19. The van der Waals surface area contributed by atoms with Crippen LogP contribution in [0.3, 0.4) is 0 Å². The van der Waals surface area contributed by atoms with E-state index in [0.29, 0.717) is 16.6 Å². The number of nitrogens with one attached hydrogen (secondary N) is 1. The fourth-order valence-corrected chi connectivity index (χ4v) is 3.80. The van der Waals surface area contributed by atoms with Gasteiger partial charge in [0.1, 0.15) is 4.90 Å². The minimum atomic E-state index is -3.60. The van der Waals surface area contributed by atoms with Crippen LogP contribution in [-0.4, -0.2) is 19.4 Å². The van der Waals surface area contributed by atoms with Crippen LogP contribution < -0.4 is 10.5 Å². The molecule has 2 aromatic rings. The second-order valence-corrected chi connectivity index (χ2v) is 6.50. The van der Waals surface area contributed by atoms with Gasteiger partial charge in [0.2, 0.25) is 10.0 Å². The first kappa shape index (κ1) is 13.1. The highest BCUT2D eigenvalue weighted by molar-refractivity contribution is 7.89. The van der Waals surface area contributed by atoms with Gasteiger partial charge in [0.15, 0.2) is 0 Å². The van der Waals surface area contributed by atoms with Crippen molar-refractivity contribution in [2.45, 2.75) is 23.8 Å². The number of fused-ring (bicyclic) bond motifs is 1. The van der Waals surface area contributed by atoms with Gasteiger partial charge in [-0.15, -0.1) is 0 Å². The van der Waals surface area contributed by atoms with Crippen molar-refractivity contribution < 1.29 is 8.42 Å². The first-order valence-electron chi connectivity index (χ1n) is 6.38. The number of sulfonamides is 1. The number of hydrogen-bond acceptors (Lipinski definition) is 4. The molecule has 0 radical (unpaired) electrons. The number of pyridine rings is 1. The van der Waals surface area contributed by atoms with Crippen molar-refractivity contribution in [1.82, 2.24) is 9.71 Å². The highest BCUT2D eigenvalue weighted by Crippen LogP contribution is 2.26. The summed E-state index contributed by atoms with van der Waals surface area (Å²) in [4.78, 5) is 4.34. The Bertz CT molecular complexity index is 776. The van der Waals surface area contributed by atoms with Crippen LogP contribution in [0.5, 0.6) is 0 Å². The van der Waals surface area contributed by atoms with E-state index in [1.54, 1.807) is 24.4 Å². The molecule has 1 aliphatic rings. The molecule has 104 valence electrons. The lowest BCUT2D eigenvalue weighted by atomic mass is 10.2. The smallest absolute Gasteiger partial charge is 0.243 e. The number of anilines is 1. The van der Waals surface area contributed by atoms with E-state index in [1.807, 2.05) is 12.2 Å². The summed E-state index contributed by atoms with van der Waals surface area (Å²) in [7, 11) is -3.60. The van der Waals surface area contributed by atoms with Gasteiger partial charge < -0.3 is 5.73 Å². The summed E-state index contributed by atoms with van der Waals surface area (Å²) in [5.74, 6) is 0. The molecule has 0 aliphatic heterocycles. The molecule has 3 N–H and O–H groups in total. The maximum absolute atomic E-state index is 12.5. The van der Waals surface area contributed by atoms with E-state index in [1.165, 1.54) is 6.07 Å². The zero-order valence-electron chi connectivity index (χ0n) is 10.8. The largest absolute Gasteiger partial charge is 0.398 e. The van der Waals surface area contributed by atoms with Crippen LogP contribution in [0, 0.1) is 0 Å². The highest BCUT2D eigenvalue weighted by atomic mass is 32.2. The summed E-state index contributed by atoms with van der Waals surface area (Å²) < 4.78 is 27.7. The fraction of sp³-hybridized carbons (Fsp3) is 0.214. The number of nitrogens with two attached hydrogens (primary N) is 1. The van der Waals surface area contributed by atoms with Crippen molar-refractivity contribution in [2.75, 3.05) is 5.73 Å². The summed E-state index contributed by atoms with van der Waals surface area (Å²) in [6.07, 6.45) is 6.97. The summed E-state index contributed by atoms with van der Waals surface area (Å²) in [5.41, 5.74) is 6.80. The van der Waals surface area contributed by atoms with Crippen LogP contribution >= 0.6 is 0 Å². The second kappa shape index (κ2) is 4.88.